The van der Waals surface area contributed by atoms with E-state index in [9.17, 15) is 9.59 Å². The first-order valence-electron chi connectivity index (χ1n) is 9.85. The minimum atomic E-state index is -2.78. The maximum atomic E-state index is 12.6. The van der Waals surface area contributed by atoms with E-state index in [1.165, 1.54) is 12.8 Å². The van der Waals surface area contributed by atoms with E-state index in [2.05, 4.69) is 0 Å². The summed E-state index contributed by atoms with van der Waals surface area (Å²) >= 11 is -2.78. The molecular weight excluding hydrogens is 443 g/mol. The van der Waals surface area contributed by atoms with E-state index in [0.717, 1.165) is 60.5 Å². The third-order valence-corrected chi connectivity index (χ3v) is 8.76. The van der Waals surface area contributed by atoms with Gasteiger partial charge in [0, 0.05) is 0 Å². The summed E-state index contributed by atoms with van der Waals surface area (Å²) in [5.74, 6) is -0.372. The second-order valence-electron chi connectivity index (χ2n) is 7.48. The fourth-order valence-electron chi connectivity index (χ4n) is 3.68. The van der Waals surface area contributed by atoms with Crippen molar-refractivity contribution in [2.45, 2.75) is 71.1 Å². The molecule has 0 aliphatic heterocycles. The number of hydrogen-bond donors (Lipinski definition) is 0. The van der Waals surface area contributed by atoms with Crippen LogP contribution in [-0.4, -0.2) is 11.9 Å². The monoisotopic (exact) mass is 472 g/mol. The van der Waals surface area contributed by atoms with Crippen LogP contribution in [0.1, 0.15) is 69.8 Å². The van der Waals surface area contributed by atoms with Gasteiger partial charge in [-0.05, 0) is 0 Å². The normalized spacial score (nSPS) is 19.7. The molecule has 0 unspecified atom stereocenters. The second-order valence-corrected chi connectivity index (χ2v) is 10.8. The topological polar surface area (TPSA) is 52.6 Å². The number of benzene rings is 1. The first-order valence-corrected chi connectivity index (χ1v) is 12.7. The third-order valence-electron chi connectivity index (χ3n) is 5.36. The second kappa shape index (κ2) is 9.72. The zero-order valence-electron chi connectivity index (χ0n) is 15.5. The van der Waals surface area contributed by atoms with E-state index in [1.54, 1.807) is 0 Å². The van der Waals surface area contributed by atoms with Crippen molar-refractivity contribution in [2.75, 3.05) is 0 Å². The average Bonchev–Trinajstić information content (AvgIpc) is 2.69. The number of rotatable bonds is 5. The van der Waals surface area contributed by atoms with E-state index in [-0.39, 0.29) is 23.8 Å². The third kappa shape index (κ3) is 5.44. The van der Waals surface area contributed by atoms with E-state index in [0.29, 0.717) is 0 Å². The summed E-state index contributed by atoms with van der Waals surface area (Å²) in [5.41, 5.74) is 1.14. The molecule has 0 amide bonds. The Kier molecular flexibility index (Phi) is 7.34. The number of carbonyl (C=O) groups excluding carboxylic acids is 2. The van der Waals surface area contributed by atoms with Gasteiger partial charge in [-0.3, -0.25) is 0 Å². The summed E-state index contributed by atoms with van der Waals surface area (Å²) in [6, 6.07) is 7.87. The molecule has 1 aromatic carbocycles. The number of carbonyl (C=O) groups is 2. The summed E-state index contributed by atoms with van der Waals surface area (Å²) in [7, 11) is 0. The van der Waals surface area contributed by atoms with Crippen LogP contribution in [0.5, 0.6) is 0 Å². The summed E-state index contributed by atoms with van der Waals surface area (Å²) in [6.07, 6.45) is 10.3. The van der Waals surface area contributed by atoms with Crippen molar-refractivity contribution in [3.63, 3.8) is 0 Å². The summed E-state index contributed by atoms with van der Waals surface area (Å²) in [6.45, 7) is 2.02. The molecule has 2 saturated carbocycles. The van der Waals surface area contributed by atoms with Gasteiger partial charge in [0.25, 0.3) is 0 Å². The Morgan fingerprint density at radius 1 is 0.769 bits per heavy atom. The van der Waals surface area contributed by atoms with Crippen LogP contribution in [0.25, 0.3) is 0 Å². The first-order chi connectivity index (χ1) is 12.6. The molecule has 2 fully saturated rings. The molecule has 2 aliphatic carbocycles. The van der Waals surface area contributed by atoms with Crippen LogP contribution in [0.2, 0.25) is 0 Å². The molecule has 0 saturated heterocycles. The van der Waals surface area contributed by atoms with Gasteiger partial charge in [-0.2, -0.15) is 0 Å². The van der Waals surface area contributed by atoms with Crippen LogP contribution in [0, 0.1) is 22.3 Å². The fourth-order valence-corrected chi connectivity index (χ4v) is 6.73. The Morgan fingerprint density at radius 2 is 1.19 bits per heavy atom. The summed E-state index contributed by atoms with van der Waals surface area (Å²) in [5, 5.41) is 0. The Hall–Kier alpha value is -1.11. The van der Waals surface area contributed by atoms with Crippen molar-refractivity contribution in [1.82, 2.24) is 0 Å². The van der Waals surface area contributed by atoms with Gasteiger partial charge in [0.2, 0.25) is 0 Å². The Bertz CT molecular complexity index is 569. The molecule has 0 spiro atoms. The molecule has 26 heavy (non-hydrogen) atoms. The van der Waals surface area contributed by atoms with Gasteiger partial charge in [0.05, 0.1) is 0 Å². The zero-order chi connectivity index (χ0) is 18.4. The van der Waals surface area contributed by atoms with Crippen LogP contribution in [0.15, 0.2) is 24.3 Å². The van der Waals surface area contributed by atoms with Crippen molar-refractivity contribution in [3.8, 4) is 0 Å². The van der Waals surface area contributed by atoms with Crippen LogP contribution < -0.4 is 0 Å². The molecule has 0 radical (unpaired) electrons. The zero-order valence-corrected chi connectivity index (χ0v) is 17.7. The molecule has 0 heterocycles. The quantitative estimate of drug-likeness (QED) is 0.513. The van der Waals surface area contributed by atoms with Crippen molar-refractivity contribution < 1.29 is 15.7 Å². The number of aryl methyl sites for hydroxylation is 1. The molecule has 4 nitrogen and oxygen atoms in total. The SMILES string of the molecule is Cc1ccc(I(OC(=O)C2CCCCC2)OC(=O)C2CCCCC2)cc1. The van der Waals surface area contributed by atoms with Gasteiger partial charge < -0.3 is 0 Å². The molecule has 0 atom stereocenters. The Morgan fingerprint density at radius 3 is 1.62 bits per heavy atom. The van der Waals surface area contributed by atoms with Gasteiger partial charge in [0.1, 0.15) is 0 Å². The van der Waals surface area contributed by atoms with Crippen molar-refractivity contribution >= 4 is 32.6 Å². The molecule has 0 bridgehead atoms. The molecule has 3 rings (SSSR count). The standard InChI is InChI=1S/C21H29IO4/c1-16-12-14-19(15-13-16)22(25-20(23)17-8-4-2-5-9-17)26-21(24)18-10-6-3-7-11-18/h12-15,17-18H,2-11H2,1H3. The molecular formula is C21H29IO4. The van der Waals surface area contributed by atoms with Crippen LogP contribution >= 0.6 is 20.6 Å². The van der Waals surface area contributed by atoms with Crippen LogP contribution in [0.3, 0.4) is 0 Å². The summed E-state index contributed by atoms with van der Waals surface area (Å²) in [4.78, 5) is 25.3. The molecule has 1 aromatic rings. The predicted octanol–water partition coefficient (Wildman–Crippen LogP) is 5.75. The summed E-state index contributed by atoms with van der Waals surface area (Å²) < 4.78 is 12.6. The van der Waals surface area contributed by atoms with Crippen LogP contribution in [0.4, 0.5) is 0 Å². The number of hydrogen-bond acceptors (Lipinski definition) is 4. The van der Waals surface area contributed by atoms with Gasteiger partial charge in [-0.15, -0.1) is 0 Å². The molecule has 2 aliphatic rings. The molecule has 144 valence electrons. The molecule has 0 N–H and O–H groups in total. The first kappa shape index (κ1) is 19.6. The van der Waals surface area contributed by atoms with Crippen molar-refractivity contribution in [1.29, 1.82) is 0 Å². The molecule has 5 heteroatoms. The number of halogens is 1. The van der Waals surface area contributed by atoms with Crippen molar-refractivity contribution in [3.05, 3.63) is 33.4 Å². The van der Waals surface area contributed by atoms with Crippen molar-refractivity contribution in [2.24, 2.45) is 11.8 Å². The van der Waals surface area contributed by atoms with E-state index >= 15 is 0 Å². The van der Waals surface area contributed by atoms with Gasteiger partial charge in [-0.25, -0.2) is 0 Å². The minimum absolute atomic E-state index is 0.0256. The Labute approximate surface area is 164 Å². The predicted molar refractivity (Wildman–Crippen MR) is 109 cm³/mol. The van der Waals surface area contributed by atoms with E-state index < -0.39 is 20.6 Å². The fraction of sp³-hybridized carbons (Fsp3) is 0.619. The van der Waals surface area contributed by atoms with E-state index in [4.69, 9.17) is 6.13 Å². The molecule has 0 aromatic heterocycles. The van der Waals surface area contributed by atoms with E-state index in [1.807, 2.05) is 31.2 Å². The van der Waals surface area contributed by atoms with Gasteiger partial charge >= 0.3 is 165 Å². The van der Waals surface area contributed by atoms with Crippen LogP contribution in [-0.2, 0) is 15.7 Å². The van der Waals surface area contributed by atoms with Gasteiger partial charge in [0.15, 0.2) is 0 Å². The Balaban J connectivity index is 1.69. The maximum absolute atomic E-state index is 12.6. The average molecular weight is 472 g/mol. The van der Waals surface area contributed by atoms with Gasteiger partial charge in [-0.1, -0.05) is 0 Å².